The fourth-order valence-corrected chi connectivity index (χ4v) is 7.01. The van der Waals surface area contributed by atoms with Crippen molar-refractivity contribution < 1.29 is 9.47 Å². The Kier molecular flexibility index (Phi) is 8.86. The fraction of sp³-hybridized carbons (Fsp3) is 0.432. The number of hydrogen-bond donors (Lipinski definition) is 1. The van der Waals surface area contributed by atoms with Crippen molar-refractivity contribution in [1.82, 2.24) is 14.9 Å². The van der Waals surface area contributed by atoms with E-state index in [1.165, 1.54) is 34.0 Å². The van der Waals surface area contributed by atoms with Gasteiger partial charge in [0.15, 0.2) is 0 Å². The molecule has 46 heavy (non-hydrogen) atoms. The summed E-state index contributed by atoms with van der Waals surface area (Å²) in [7, 11) is 3.85. The Balaban J connectivity index is 1.07. The van der Waals surface area contributed by atoms with Crippen LogP contribution in [-0.2, 0) is 19.5 Å². The fourth-order valence-electron chi connectivity index (χ4n) is 7.01. The maximum Gasteiger partial charge on any atom is 0.318 e. The normalized spacial score (nSPS) is 20.8. The number of rotatable bonds is 10. The molecule has 3 aliphatic rings. The van der Waals surface area contributed by atoms with E-state index in [4.69, 9.17) is 19.4 Å². The van der Waals surface area contributed by atoms with Crippen molar-refractivity contribution in [2.75, 3.05) is 44.1 Å². The van der Waals surface area contributed by atoms with E-state index in [0.717, 1.165) is 68.1 Å². The molecule has 238 valence electrons. The van der Waals surface area contributed by atoms with Gasteiger partial charge >= 0.3 is 6.01 Å². The second-order valence-electron chi connectivity index (χ2n) is 12.8. The Bertz CT molecular complexity index is 1760. The number of nitrogens with zero attached hydrogens (tertiary/aromatic N) is 6. The first-order valence-electron chi connectivity index (χ1n) is 16.5. The lowest BCUT2D eigenvalue weighted by Crippen LogP contribution is -2.39. The Labute approximate surface area is 271 Å². The Morgan fingerprint density at radius 1 is 1.02 bits per heavy atom. The lowest BCUT2D eigenvalue weighted by molar-refractivity contribution is 0.187. The predicted octanol–water partition coefficient (Wildman–Crippen LogP) is 6.30. The van der Waals surface area contributed by atoms with Crippen molar-refractivity contribution in [1.29, 1.82) is 0 Å². The third-order valence-electron chi connectivity index (χ3n) is 9.76. The summed E-state index contributed by atoms with van der Waals surface area (Å²) in [5, 5.41) is 6.33. The third-order valence-corrected chi connectivity index (χ3v) is 9.76. The van der Waals surface area contributed by atoms with Crippen LogP contribution in [0.5, 0.6) is 11.8 Å². The second kappa shape index (κ2) is 13.5. The number of fused-ring (bicyclic) bond motifs is 2. The smallest absolute Gasteiger partial charge is 0.318 e. The molecule has 2 fully saturated rings. The van der Waals surface area contributed by atoms with Gasteiger partial charge in [-0.15, -0.1) is 0 Å². The van der Waals surface area contributed by atoms with Crippen molar-refractivity contribution in [2.24, 2.45) is 9.98 Å². The molecule has 1 N–H and O–H groups in total. The molecule has 4 aromatic rings. The van der Waals surface area contributed by atoms with Gasteiger partial charge in [0.25, 0.3) is 0 Å². The lowest BCUT2D eigenvalue weighted by atomic mass is 9.87. The van der Waals surface area contributed by atoms with E-state index < -0.39 is 0 Å². The molecule has 7 rings (SSSR count). The average molecular weight is 618 g/mol. The first-order chi connectivity index (χ1) is 22.6. The zero-order valence-corrected chi connectivity index (χ0v) is 27.1. The lowest BCUT2D eigenvalue weighted by Gasteiger charge is -2.35. The number of nitrogens with one attached hydrogen (secondary N) is 1. The van der Waals surface area contributed by atoms with Gasteiger partial charge in [0.2, 0.25) is 0 Å². The van der Waals surface area contributed by atoms with Crippen LogP contribution in [0.1, 0.15) is 48.1 Å². The molecule has 3 aromatic carbocycles. The molecule has 9 nitrogen and oxygen atoms in total. The van der Waals surface area contributed by atoms with Gasteiger partial charge in [0, 0.05) is 40.8 Å². The van der Waals surface area contributed by atoms with Gasteiger partial charge in [0.05, 0.1) is 37.9 Å². The highest BCUT2D eigenvalue weighted by Gasteiger charge is 2.32. The quantitative estimate of drug-likeness (QED) is 0.209. The topological polar surface area (TPSA) is 87.5 Å². The van der Waals surface area contributed by atoms with E-state index in [1.54, 1.807) is 7.11 Å². The number of aromatic nitrogens is 2. The molecule has 1 aliphatic carbocycles. The van der Waals surface area contributed by atoms with Crippen LogP contribution in [0.25, 0.3) is 10.8 Å². The van der Waals surface area contributed by atoms with Crippen molar-refractivity contribution >= 4 is 28.3 Å². The van der Waals surface area contributed by atoms with E-state index in [1.807, 2.05) is 24.3 Å². The van der Waals surface area contributed by atoms with Crippen LogP contribution in [0.4, 0.5) is 11.5 Å². The number of benzene rings is 3. The number of ether oxygens (including phenoxy) is 2. The number of methoxy groups -OCH3 is 1. The van der Waals surface area contributed by atoms with Crippen molar-refractivity contribution in [3.63, 3.8) is 0 Å². The van der Waals surface area contributed by atoms with Gasteiger partial charge < -0.3 is 24.6 Å². The van der Waals surface area contributed by atoms with Crippen LogP contribution < -0.4 is 19.7 Å². The molecule has 1 aromatic heterocycles. The van der Waals surface area contributed by atoms with Crippen LogP contribution in [-0.4, -0.2) is 72.9 Å². The number of aryl methyl sites for hydroxylation is 1. The number of aliphatic imine (C=N–C) groups is 2. The molecule has 0 amide bonds. The van der Waals surface area contributed by atoms with Gasteiger partial charge in [-0.25, -0.2) is 9.98 Å². The van der Waals surface area contributed by atoms with Crippen molar-refractivity contribution in [2.45, 2.75) is 70.2 Å². The monoisotopic (exact) mass is 617 g/mol. The van der Waals surface area contributed by atoms with Crippen LogP contribution in [0.15, 0.2) is 70.6 Å². The molecule has 0 spiro atoms. The Morgan fingerprint density at radius 3 is 2.70 bits per heavy atom. The Hall–Kier alpha value is -4.46. The summed E-state index contributed by atoms with van der Waals surface area (Å²) in [5.41, 5.74) is 5.82. The summed E-state index contributed by atoms with van der Waals surface area (Å²) in [6.45, 7) is 6.05. The van der Waals surface area contributed by atoms with Crippen LogP contribution in [0, 0.1) is 6.92 Å². The van der Waals surface area contributed by atoms with Gasteiger partial charge in [-0.1, -0.05) is 48.5 Å². The molecule has 1 atom stereocenters. The summed E-state index contributed by atoms with van der Waals surface area (Å²) in [6.07, 6.45) is 5.06. The average Bonchev–Trinajstić information content (AvgIpc) is 3.48. The van der Waals surface area contributed by atoms with E-state index in [2.05, 4.69) is 81.5 Å². The second-order valence-corrected chi connectivity index (χ2v) is 12.8. The molecular formula is C37H43N7O2. The first kappa shape index (κ1) is 30.2. The minimum Gasteiger partial charge on any atom is -0.496 e. The van der Waals surface area contributed by atoms with Crippen LogP contribution in [0.2, 0.25) is 0 Å². The maximum absolute atomic E-state index is 6.30. The van der Waals surface area contributed by atoms with E-state index in [0.29, 0.717) is 25.2 Å². The van der Waals surface area contributed by atoms with Crippen LogP contribution in [0.3, 0.4) is 0 Å². The molecule has 3 heterocycles. The zero-order valence-electron chi connectivity index (χ0n) is 27.1. The highest BCUT2D eigenvalue weighted by atomic mass is 16.5. The van der Waals surface area contributed by atoms with Crippen molar-refractivity contribution in [3.05, 3.63) is 83.0 Å². The van der Waals surface area contributed by atoms with Gasteiger partial charge in [-0.2, -0.15) is 9.97 Å². The van der Waals surface area contributed by atoms with Gasteiger partial charge in [-0.3, -0.25) is 0 Å². The largest absolute Gasteiger partial charge is 0.496 e. The number of hydrogen-bond acceptors (Lipinski definition) is 9. The van der Waals surface area contributed by atoms with E-state index in [9.17, 15) is 0 Å². The SMILES string of the molecule is COc1ccccc1CN=C=NC1CC(Nc2nc(OC[C@@H]3CCCN3C)nc3c2CCN(c2cccc4cccc(C)c24)C3)C1. The number of anilines is 2. The van der Waals surface area contributed by atoms with Gasteiger partial charge in [-0.05, 0) is 75.7 Å². The highest BCUT2D eigenvalue weighted by Crippen LogP contribution is 2.36. The molecule has 1 saturated heterocycles. The minimum atomic E-state index is 0.204. The molecule has 0 bridgehead atoms. The number of para-hydroxylation sites is 1. The Morgan fingerprint density at radius 2 is 1.87 bits per heavy atom. The summed E-state index contributed by atoms with van der Waals surface area (Å²) >= 11 is 0. The summed E-state index contributed by atoms with van der Waals surface area (Å²) in [6, 6.07) is 25.3. The molecule has 2 aliphatic heterocycles. The van der Waals surface area contributed by atoms with Gasteiger partial charge in [0.1, 0.15) is 18.2 Å². The molecule has 1 saturated carbocycles. The summed E-state index contributed by atoms with van der Waals surface area (Å²) in [4.78, 5) is 23.8. The zero-order chi connectivity index (χ0) is 31.5. The standard InChI is InChI=1S/C37H43N7O2/c1-25-9-6-11-26-12-7-14-33(35(25)26)44-18-16-31-32(22-44)41-37(46-23-30-13-8-17-43(30)2)42-36(31)40-29-19-28(20-29)39-24-38-21-27-10-4-5-15-34(27)45-3/h4-7,9-12,14-15,28-30H,8,13,16-23H2,1-3H3,(H,40,41,42)/t28?,29?,30-/m0/s1. The van der Waals surface area contributed by atoms with Crippen molar-refractivity contribution in [3.8, 4) is 11.8 Å². The summed E-state index contributed by atoms with van der Waals surface area (Å²) < 4.78 is 11.7. The molecule has 0 radical (unpaired) electrons. The predicted molar refractivity (Wildman–Crippen MR) is 184 cm³/mol. The number of likely N-dealkylation sites (N-methyl/N-ethyl adjacent to an activating group) is 1. The molecule has 9 heteroatoms. The van der Waals surface area contributed by atoms with E-state index >= 15 is 0 Å². The first-order valence-corrected chi connectivity index (χ1v) is 16.5. The van der Waals surface area contributed by atoms with Crippen LogP contribution >= 0.6 is 0 Å². The van der Waals surface area contributed by atoms with E-state index in [-0.39, 0.29) is 12.1 Å². The number of likely N-dealkylation sites (tertiary alicyclic amines) is 1. The third kappa shape index (κ3) is 6.43. The minimum absolute atomic E-state index is 0.204. The maximum atomic E-state index is 6.30. The molecule has 0 unspecified atom stereocenters. The highest BCUT2D eigenvalue weighted by molar-refractivity contribution is 5.97. The molecular weight excluding hydrogens is 574 g/mol. The summed E-state index contributed by atoms with van der Waals surface area (Å²) in [5.74, 6) is 1.74.